The minimum Gasteiger partial charge on any atom is -0.384 e. The summed E-state index contributed by atoms with van der Waals surface area (Å²) >= 11 is 0. The van der Waals surface area contributed by atoms with Gasteiger partial charge in [-0.05, 0) is 30.7 Å². The van der Waals surface area contributed by atoms with E-state index in [1.165, 1.54) is 13.0 Å². The molecule has 0 aliphatic carbocycles. The van der Waals surface area contributed by atoms with Gasteiger partial charge in [0.15, 0.2) is 11.6 Å². The zero-order valence-corrected chi connectivity index (χ0v) is 10.2. The molecule has 20 heavy (non-hydrogen) atoms. The topological polar surface area (TPSA) is 38.9 Å². The Labute approximate surface area is 111 Å². The van der Waals surface area contributed by atoms with Crippen LogP contribution in [0.4, 0.5) is 27.8 Å². The third kappa shape index (κ3) is 2.56. The smallest absolute Gasteiger partial charge is 0.384 e. The van der Waals surface area contributed by atoms with Gasteiger partial charge in [-0.25, -0.2) is 13.8 Å². The van der Waals surface area contributed by atoms with Gasteiger partial charge in [0, 0.05) is 5.56 Å². The van der Waals surface area contributed by atoms with Crippen molar-refractivity contribution in [2.24, 2.45) is 0 Å². The predicted molar refractivity (Wildman–Crippen MR) is 63.7 cm³/mol. The molecule has 0 radical (unpaired) electrons. The molecular weight excluding hydrogens is 279 g/mol. The number of pyridine rings is 1. The van der Waals surface area contributed by atoms with Gasteiger partial charge in [0.2, 0.25) is 0 Å². The lowest BCUT2D eigenvalue weighted by Crippen LogP contribution is -2.08. The van der Waals surface area contributed by atoms with Crippen LogP contribution >= 0.6 is 0 Å². The second-order valence-electron chi connectivity index (χ2n) is 4.22. The number of nitrogen functional groups attached to an aromatic ring is 1. The van der Waals surface area contributed by atoms with Crippen LogP contribution in [0.1, 0.15) is 11.1 Å². The first-order valence-corrected chi connectivity index (χ1v) is 5.50. The summed E-state index contributed by atoms with van der Waals surface area (Å²) in [6, 6.07) is 3.68. The van der Waals surface area contributed by atoms with E-state index in [1.807, 2.05) is 0 Å². The highest BCUT2D eigenvalue weighted by Gasteiger charge is 2.32. The third-order valence-electron chi connectivity index (χ3n) is 2.72. The number of alkyl halides is 3. The molecule has 0 aliphatic rings. The normalized spacial score (nSPS) is 11.7. The van der Waals surface area contributed by atoms with Crippen molar-refractivity contribution in [2.45, 2.75) is 13.1 Å². The second-order valence-corrected chi connectivity index (χ2v) is 4.22. The van der Waals surface area contributed by atoms with Crippen molar-refractivity contribution in [3.8, 4) is 11.3 Å². The Morgan fingerprint density at radius 3 is 2.30 bits per heavy atom. The number of halogens is 5. The third-order valence-corrected chi connectivity index (χ3v) is 2.72. The van der Waals surface area contributed by atoms with Crippen molar-refractivity contribution in [1.82, 2.24) is 4.98 Å². The number of aryl methyl sites for hydroxylation is 1. The first-order valence-electron chi connectivity index (χ1n) is 5.50. The summed E-state index contributed by atoms with van der Waals surface area (Å²) < 4.78 is 65.2. The van der Waals surface area contributed by atoms with Gasteiger partial charge in [0.05, 0.1) is 11.3 Å². The highest BCUT2D eigenvalue weighted by Crippen LogP contribution is 2.33. The van der Waals surface area contributed by atoms with E-state index in [9.17, 15) is 22.0 Å². The molecule has 2 rings (SSSR count). The molecule has 2 aromatic rings. The number of hydrogen-bond acceptors (Lipinski definition) is 2. The summed E-state index contributed by atoms with van der Waals surface area (Å²) in [7, 11) is 0. The molecule has 1 aromatic carbocycles. The van der Waals surface area contributed by atoms with Crippen LogP contribution in [0.5, 0.6) is 0 Å². The molecule has 106 valence electrons. The Hall–Kier alpha value is -2.18. The monoisotopic (exact) mass is 288 g/mol. The van der Waals surface area contributed by atoms with Crippen LogP contribution in [0.25, 0.3) is 11.3 Å². The Bertz CT molecular complexity index is 665. The summed E-state index contributed by atoms with van der Waals surface area (Å²) in [6.07, 6.45) is -4.65. The van der Waals surface area contributed by atoms with Gasteiger partial charge < -0.3 is 5.73 Å². The van der Waals surface area contributed by atoms with Crippen molar-refractivity contribution in [3.63, 3.8) is 0 Å². The molecule has 2 nitrogen and oxygen atoms in total. The van der Waals surface area contributed by atoms with Gasteiger partial charge >= 0.3 is 6.18 Å². The Morgan fingerprint density at radius 2 is 1.70 bits per heavy atom. The molecule has 2 N–H and O–H groups in total. The zero-order valence-electron chi connectivity index (χ0n) is 10.2. The number of hydrogen-bond donors (Lipinski definition) is 1. The van der Waals surface area contributed by atoms with Crippen molar-refractivity contribution >= 4 is 5.82 Å². The highest BCUT2D eigenvalue weighted by atomic mass is 19.4. The van der Waals surface area contributed by atoms with Gasteiger partial charge in [-0.1, -0.05) is 6.07 Å². The average molecular weight is 288 g/mol. The van der Waals surface area contributed by atoms with Gasteiger partial charge in [-0.15, -0.1) is 0 Å². The quantitative estimate of drug-likeness (QED) is 0.807. The molecule has 1 heterocycles. The summed E-state index contributed by atoms with van der Waals surface area (Å²) in [6.45, 7) is 1.34. The van der Waals surface area contributed by atoms with Crippen molar-refractivity contribution in [1.29, 1.82) is 0 Å². The number of anilines is 1. The summed E-state index contributed by atoms with van der Waals surface area (Å²) in [5.41, 5.74) is 3.53. The lowest BCUT2D eigenvalue weighted by molar-refractivity contribution is -0.137. The van der Waals surface area contributed by atoms with E-state index in [0.29, 0.717) is 12.1 Å². The van der Waals surface area contributed by atoms with Gasteiger partial charge in [0.1, 0.15) is 5.82 Å². The van der Waals surface area contributed by atoms with Crippen molar-refractivity contribution < 1.29 is 22.0 Å². The molecule has 0 unspecified atom stereocenters. The van der Waals surface area contributed by atoms with E-state index >= 15 is 0 Å². The molecule has 0 saturated heterocycles. The Balaban J connectivity index is 2.65. The molecule has 7 heteroatoms. The van der Waals surface area contributed by atoms with Gasteiger partial charge in [-0.2, -0.15) is 13.2 Å². The predicted octanol–water partition coefficient (Wildman–Crippen LogP) is 3.94. The summed E-state index contributed by atoms with van der Waals surface area (Å²) in [5, 5.41) is 0. The van der Waals surface area contributed by atoms with Crippen LogP contribution in [-0.4, -0.2) is 4.98 Å². The van der Waals surface area contributed by atoms with Crippen molar-refractivity contribution in [2.75, 3.05) is 5.73 Å². The molecule has 0 spiro atoms. The maximum absolute atomic E-state index is 13.8. The van der Waals surface area contributed by atoms with E-state index in [4.69, 9.17) is 5.73 Å². The first-order chi connectivity index (χ1) is 9.20. The van der Waals surface area contributed by atoms with Gasteiger partial charge in [-0.3, -0.25) is 0 Å². The second kappa shape index (κ2) is 4.73. The number of benzene rings is 1. The van der Waals surface area contributed by atoms with Crippen LogP contribution in [0.3, 0.4) is 0 Å². The SMILES string of the molecule is Cc1ccc(-c2cc(C(F)(F)F)cc(N)n2)c(F)c1F. The molecule has 0 atom stereocenters. The number of aromatic nitrogens is 1. The minimum absolute atomic E-state index is 0.0474. The molecule has 0 saturated carbocycles. The standard InChI is InChI=1S/C13H9F5N2/c1-6-2-3-8(12(15)11(6)14)9-4-7(13(16,17)18)5-10(19)20-9/h2-5H,1H3,(H2,19,20). The minimum atomic E-state index is -4.65. The Morgan fingerprint density at radius 1 is 1.05 bits per heavy atom. The lowest BCUT2D eigenvalue weighted by atomic mass is 10.1. The fraction of sp³-hybridized carbons (Fsp3) is 0.154. The maximum atomic E-state index is 13.8. The molecule has 1 aromatic heterocycles. The first kappa shape index (κ1) is 14.2. The number of rotatable bonds is 1. The van der Waals surface area contributed by atoms with E-state index < -0.39 is 29.2 Å². The average Bonchev–Trinajstić information content (AvgIpc) is 2.34. The van der Waals surface area contributed by atoms with Crippen molar-refractivity contribution in [3.05, 3.63) is 47.0 Å². The van der Waals surface area contributed by atoms with E-state index in [-0.39, 0.29) is 16.8 Å². The molecular formula is C13H9F5N2. The molecule has 0 amide bonds. The zero-order chi connectivity index (χ0) is 15.1. The molecule has 0 fully saturated rings. The highest BCUT2D eigenvalue weighted by molar-refractivity contribution is 5.63. The van der Waals surface area contributed by atoms with Crippen LogP contribution < -0.4 is 5.73 Å². The van der Waals surface area contributed by atoms with Crippen LogP contribution in [0.15, 0.2) is 24.3 Å². The van der Waals surface area contributed by atoms with Gasteiger partial charge in [0.25, 0.3) is 0 Å². The molecule has 0 aliphatic heterocycles. The van der Waals surface area contributed by atoms with E-state index in [1.54, 1.807) is 0 Å². The maximum Gasteiger partial charge on any atom is 0.416 e. The van der Waals surface area contributed by atoms with Crippen LogP contribution in [0, 0.1) is 18.6 Å². The van der Waals surface area contributed by atoms with Crippen LogP contribution in [-0.2, 0) is 6.18 Å². The lowest BCUT2D eigenvalue weighted by Gasteiger charge is -2.11. The summed E-state index contributed by atoms with van der Waals surface area (Å²) in [4.78, 5) is 3.62. The molecule has 0 bridgehead atoms. The van der Waals surface area contributed by atoms with E-state index in [2.05, 4.69) is 4.98 Å². The van der Waals surface area contributed by atoms with Crippen LogP contribution in [0.2, 0.25) is 0 Å². The fourth-order valence-electron chi connectivity index (χ4n) is 1.70. The number of nitrogens with two attached hydrogens (primary N) is 1. The fourth-order valence-corrected chi connectivity index (χ4v) is 1.70. The largest absolute Gasteiger partial charge is 0.416 e. The number of nitrogens with zero attached hydrogens (tertiary/aromatic N) is 1. The van der Waals surface area contributed by atoms with E-state index in [0.717, 1.165) is 6.07 Å². The summed E-state index contributed by atoms with van der Waals surface area (Å²) in [5.74, 6) is -2.80. The Kier molecular flexibility index (Phi) is 3.37.